The van der Waals surface area contributed by atoms with Crippen molar-refractivity contribution < 1.29 is 28.6 Å². The molecule has 0 heterocycles. The Morgan fingerprint density at radius 2 is 0.487 bits per heavy atom. The monoisotopic (exact) mass is 1120 g/mol. The fraction of sp³-hybridized carbons (Fsp3) is 0.797. The fourth-order valence-electron chi connectivity index (χ4n) is 10.2. The van der Waals surface area contributed by atoms with Crippen LogP contribution in [0.1, 0.15) is 361 Å². The van der Waals surface area contributed by atoms with E-state index < -0.39 is 6.10 Å². The van der Waals surface area contributed by atoms with Gasteiger partial charge in [0.05, 0.1) is 0 Å². The third-order valence-corrected chi connectivity index (χ3v) is 15.4. The molecule has 0 saturated carbocycles. The molecule has 1 unspecified atom stereocenters. The van der Waals surface area contributed by atoms with Crippen molar-refractivity contribution in [2.45, 2.75) is 367 Å². The lowest BCUT2D eigenvalue weighted by Gasteiger charge is -2.18. The maximum atomic E-state index is 12.9. The van der Waals surface area contributed by atoms with E-state index >= 15 is 0 Å². The van der Waals surface area contributed by atoms with Crippen molar-refractivity contribution in [3.05, 3.63) is 72.9 Å². The van der Waals surface area contributed by atoms with E-state index in [0.717, 1.165) is 103 Å². The van der Waals surface area contributed by atoms with Crippen molar-refractivity contribution in [3.63, 3.8) is 0 Å². The second-order valence-electron chi connectivity index (χ2n) is 23.4. The molecule has 0 amide bonds. The van der Waals surface area contributed by atoms with Gasteiger partial charge in [-0.25, -0.2) is 0 Å². The molecule has 0 aromatic heterocycles. The van der Waals surface area contributed by atoms with Gasteiger partial charge in [-0.15, -0.1) is 0 Å². The molecule has 0 aromatic carbocycles. The molecule has 0 spiro atoms. The lowest BCUT2D eigenvalue weighted by Crippen LogP contribution is -2.30. The summed E-state index contributed by atoms with van der Waals surface area (Å²) in [7, 11) is 0. The molecule has 0 aliphatic carbocycles. The zero-order valence-corrected chi connectivity index (χ0v) is 53.3. The van der Waals surface area contributed by atoms with Gasteiger partial charge in [0.15, 0.2) is 6.10 Å². The average molecular weight is 1120 g/mol. The van der Waals surface area contributed by atoms with Gasteiger partial charge in [-0.2, -0.15) is 0 Å². The highest BCUT2D eigenvalue weighted by molar-refractivity contribution is 5.71. The van der Waals surface area contributed by atoms with E-state index in [0.29, 0.717) is 19.3 Å². The Morgan fingerprint density at radius 3 is 0.787 bits per heavy atom. The van der Waals surface area contributed by atoms with Crippen LogP contribution >= 0.6 is 0 Å². The predicted molar refractivity (Wildman–Crippen MR) is 348 cm³/mol. The Labute approximate surface area is 497 Å². The summed E-state index contributed by atoms with van der Waals surface area (Å²) in [5.74, 6) is -0.911. The lowest BCUT2D eigenvalue weighted by atomic mass is 10.0. The number of rotatable bonds is 64. The van der Waals surface area contributed by atoms with Crippen LogP contribution in [0.3, 0.4) is 0 Å². The number of hydrogen-bond donors (Lipinski definition) is 0. The Kier molecular flexibility index (Phi) is 65.7. The molecule has 464 valence electrons. The molecule has 0 aliphatic heterocycles. The smallest absolute Gasteiger partial charge is 0.306 e. The first kappa shape index (κ1) is 76.9. The highest BCUT2D eigenvalue weighted by Crippen LogP contribution is 2.18. The van der Waals surface area contributed by atoms with Crippen molar-refractivity contribution in [2.24, 2.45) is 0 Å². The summed E-state index contributed by atoms with van der Waals surface area (Å²) in [4.78, 5) is 38.4. The minimum Gasteiger partial charge on any atom is -0.462 e. The summed E-state index contributed by atoms with van der Waals surface area (Å²) in [6, 6.07) is 0. The maximum Gasteiger partial charge on any atom is 0.306 e. The molecule has 0 aromatic rings. The van der Waals surface area contributed by atoms with Crippen molar-refractivity contribution in [2.75, 3.05) is 13.2 Å². The van der Waals surface area contributed by atoms with Crippen molar-refractivity contribution in [3.8, 4) is 0 Å². The fourth-order valence-corrected chi connectivity index (χ4v) is 10.2. The van der Waals surface area contributed by atoms with E-state index in [1.807, 2.05) is 0 Å². The summed E-state index contributed by atoms with van der Waals surface area (Å²) in [5, 5.41) is 0. The zero-order valence-electron chi connectivity index (χ0n) is 53.3. The first-order chi connectivity index (χ1) is 39.5. The summed E-state index contributed by atoms with van der Waals surface area (Å²) in [6.45, 7) is 6.54. The highest BCUT2D eigenvalue weighted by Gasteiger charge is 2.19. The van der Waals surface area contributed by atoms with Crippen molar-refractivity contribution in [1.29, 1.82) is 0 Å². The number of allylic oxidation sites excluding steroid dienone is 12. The summed E-state index contributed by atoms with van der Waals surface area (Å²) < 4.78 is 16.9. The molecule has 6 nitrogen and oxygen atoms in total. The second-order valence-corrected chi connectivity index (χ2v) is 23.4. The normalized spacial score (nSPS) is 12.5. The van der Waals surface area contributed by atoms with Crippen LogP contribution in [0.2, 0.25) is 0 Å². The third-order valence-electron chi connectivity index (χ3n) is 15.4. The number of carbonyl (C=O) groups is 3. The molecule has 80 heavy (non-hydrogen) atoms. The number of esters is 3. The summed E-state index contributed by atoms with van der Waals surface area (Å²) in [5.41, 5.74) is 0. The molecule has 0 aliphatic rings. The lowest BCUT2D eigenvalue weighted by molar-refractivity contribution is -0.167. The van der Waals surface area contributed by atoms with Gasteiger partial charge in [0, 0.05) is 19.3 Å². The molecule has 0 radical (unpaired) electrons. The summed E-state index contributed by atoms with van der Waals surface area (Å²) >= 11 is 0. The van der Waals surface area contributed by atoms with Crippen LogP contribution in [-0.4, -0.2) is 37.2 Å². The van der Waals surface area contributed by atoms with Gasteiger partial charge in [0.1, 0.15) is 13.2 Å². The minimum atomic E-state index is -0.797. The number of ether oxygens (including phenoxy) is 3. The van der Waals surface area contributed by atoms with Crippen molar-refractivity contribution in [1.82, 2.24) is 0 Å². The van der Waals surface area contributed by atoms with Crippen molar-refractivity contribution >= 4 is 17.9 Å². The topological polar surface area (TPSA) is 78.9 Å². The third kappa shape index (κ3) is 65.7. The van der Waals surface area contributed by atoms with Gasteiger partial charge in [-0.05, 0) is 89.9 Å². The van der Waals surface area contributed by atoms with Gasteiger partial charge in [-0.1, -0.05) is 325 Å². The number of unbranched alkanes of at least 4 members (excludes halogenated alkanes) is 41. The Morgan fingerprint density at radius 1 is 0.263 bits per heavy atom. The van der Waals surface area contributed by atoms with Crippen LogP contribution in [-0.2, 0) is 28.6 Å². The molecule has 0 rings (SSSR count). The minimum absolute atomic E-state index is 0.0884. The Balaban J connectivity index is 4.29. The molecule has 0 saturated heterocycles. The van der Waals surface area contributed by atoms with Gasteiger partial charge in [0.2, 0.25) is 0 Å². The van der Waals surface area contributed by atoms with Gasteiger partial charge < -0.3 is 14.2 Å². The van der Waals surface area contributed by atoms with Crippen LogP contribution in [0.5, 0.6) is 0 Å². The molecule has 0 fully saturated rings. The standard InChI is InChI=1S/C74H132O6/c1-4-7-10-13-16-19-22-25-28-30-32-33-34-35-36-37-38-39-40-42-43-46-49-52-55-58-61-64-67-73(76)79-70-71(69-78-72(75)66-63-60-57-54-51-48-45-27-24-21-18-15-12-9-6-3)80-74(77)68-65-62-59-56-53-50-47-44-41-31-29-26-23-20-17-14-11-8-5-2/h8,11,17,20,26-27,29,41,44-45,50,53,71H,4-7,9-10,12-16,18-19,21-25,28,30-40,42-43,46-49,51-52,54-70H2,1-3H3/b11-8-,20-17-,29-26-,44-41-,45-27-,53-50-. The SMILES string of the molecule is CC/C=C\C/C=C\C/C=C\C/C=C\C/C=C\CCCCCC(=O)OC(COC(=O)CCCCCCC/C=C\CCCCCCCC)COC(=O)CCCCCCCCCCCCCCCCCCCCCCCCCCCCCC. The molecule has 0 N–H and O–H groups in total. The molecule has 1 atom stereocenters. The van der Waals surface area contributed by atoms with E-state index in [2.05, 4.69) is 93.7 Å². The van der Waals surface area contributed by atoms with E-state index in [4.69, 9.17) is 14.2 Å². The zero-order chi connectivity index (χ0) is 57.8. The Hall–Kier alpha value is -3.15. The molecular formula is C74H132O6. The van der Waals surface area contributed by atoms with Gasteiger partial charge in [0.25, 0.3) is 0 Å². The first-order valence-corrected chi connectivity index (χ1v) is 34.9. The maximum absolute atomic E-state index is 12.9. The van der Waals surface area contributed by atoms with E-state index in [9.17, 15) is 14.4 Å². The van der Waals surface area contributed by atoms with Crippen LogP contribution in [0.4, 0.5) is 0 Å². The van der Waals surface area contributed by atoms with Crippen LogP contribution in [0.15, 0.2) is 72.9 Å². The van der Waals surface area contributed by atoms with Gasteiger partial charge >= 0.3 is 17.9 Å². The van der Waals surface area contributed by atoms with E-state index in [-0.39, 0.29) is 31.1 Å². The Bertz CT molecular complexity index is 1470. The van der Waals surface area contributed by atoms with E-state index in [1.54, 1.807) is 0 Å². The number of hydrogen-bond acceptors (Lipinski definition) is 6. The second kappa shape index (κ2) is 68.3. The first-order valence-electron chi connectivity index (χ1n) is 34.9. The largest absolute Gasteiger partial charge is 0.462 e. The van der Waals surface area contributed by atoms with E-state index in [1.165, 1.54) is 218 Å². The van der Waals surface area contributed by atoms with Crippen LogP contribution in [0, 0.1) is 0 Å². The number of carbonyl (C=O) groups excluding carboxylic acids is 3. The highest BCUT2D eigenvalue weighted by atomic mass is 16.6. The molecule has 0 bridgehead atoms. The quantitative estimate of drug-likeness (QED) is 0.0261. The molecular weight excluding hydrogens is 985 g/mol. The van der Waals surface area contributed by atoms with Crippen LogP contribution in [0.25, 0.3) is 0 Å². The van der Waals surface area contributed by atoms with Crippen LogP contribution < -0.4 is 0 Å². The average Bonchev–Trinajstić information content (AvgIpc) is 3.46. The predicted octanol–water partition coefficient (Wildman–Crippen LogP) is 24.1. The molecule has 6 heteroatoms. The summed E-state index contributed by atoms with van der Waals surface area (Å²) in [6.07, 6.45) is 89.4. The van der Waals surface area contributed by atoms with Gasteiger partial charge in [-0.3, -0.25) is 14.4 Å².